The van der Waals surface area contributed by atoms with Gasteiger partial charge in [-0.25, -0.2) is 0 Å². The fourth-order valence-corrected chi connectivity index (χ4v) is 2.68. The highest BCUT2D eigenvalue weighted by Crippen LogP contribution is 2.25. The Kier molecular flexibility index (Phi) is 4.30. The summed E-state index contributed by atoms with van der Waals surface area (Å²) in [5, 5.41) is 15.9. The molecule has 0 amide bonds. The van der Waals surface area contributed by atoms with Gasteiger partial charge in [0.1, 0.15) is 0 Å². The van der Waals surface area contributed by atoms with Gasteiger partial charge in [-0.15, -0.1) is 11.6 Å². The second kappa shape index (κ2) is 5.81. The minimum atomic E-state index is -0.417. The van der Waals surface area contributed by atoms with Crippen molar-refractivity contribution in [3.63, 3.8) is 0 Å². The van der Waals surface area contributed by atoms with E-state index >= 15 is 0 Å². The minimum Gasteiger partial charge on any atom is -0.265 e. The van der Waals surface area contributed by atoms with Crippen LogP contribution in [0, 0.1) is 24.0 Å². The fraction of sp³-hybridized carbons (Fsp3) is 0.308. The first-order valence-corrected chi connectivity index (χ1v) is 6.87. The lowest BCUT2D eigenvalue weighted by atomic mass is 10.1. The molecule has 0 unspecified atom stereocenters. The highest BCUT2D eigenvalue weighted by Gasteiger charge is 2.17. The molecule has 0 aliphatic carbocycles. The Morgan fingerprint density at radius 3 is 2.65 bits per heavy atom. The number of aromatic nitrogens is 2. The number of hydrogen-bond acceptors (Lipinski definition) is 3. The summed E-state index contributed by atoms with van der Waals surface area (Å²) < 4.78 is 1.71. The first kappa shape index (κ1) is 14.8. The van der Waals surface area contributed by atoms with E-state index < -0.39 is 4.92 Å². The van der Waals surface area contributed by atoms with E-state index in [2.05, 4.69) is 5.10 Å². The van der Waals surface area contributed by atoms with Crippen molar-refractivity contribution >= 4 is 28.9 Å². The molecule has 20 heavy (non-hydrogen) atoms. The highest BCUT2D eigenvalue weighted by molar-refractivity contribution is 6.30. The van der Waals surface area contributed by atoms with Crippen molar-refractivity contribution in [3.05, 3.63) is 55.9 Å². The van der Waals surface area contributed by atoms with Crippen molar-refractivity contribution in [2.45, 2.75) is 26.3 Å². The highest BCUT2D eigenvalue weighted by atomic mass is 35.5. The van der Waals surface area contributed by atoms with Crippen LogP contribution in [0.5, 0.6) is 0 Å². The third-order valence-corrected chi connectivity index (χ3v) is 3.73. The Hall–Kier alpha value is -1.59. The Labute approximate surface area is 126 Å². The minimum absolute atomic E-state index is 0.0365. The molecule has 5 nitrogen and oxygen atoms in total. The third-order valence-electron chi connectivity index (χ3n) is 3.22. The first-order chi connectivity index (χ1) is 9.43. The van der Waals surface area contributed by atoms with Crippen LogP contribution in [0.4, 0.5) is 5.69 Å². The molecule has 0 fully saturated rings. The summed E-state index contributed by atoms with van der Waals surface area (Å²) in [6, 6.07) is 4.51. The lowest BCUT2D eigenvalue weighted by molar-refractivity contribution is -0.385. The fourth-order valence-electron chi connectivity index (χ4n) is 2.10. The molecule has 0 radical (unpaired) electrons. The van der Waals surface area contributed by atoms with Gasteiger partial charge in [0.25, 0.3) is 5.69 Å². The predicted octanol–water partition coefficient (Wildman–Crippen LogP) is 3.85. The van der Waals surface area contributed by atoms with Crippen molar-refractivity contribution in [1.29, 1.82) is 0 Å². The van der Waals surface area contributed by atoms with Gasteiger partial charge in [0.15, 0.2) is 0 Å². The van der Waals surface area contributed by atoms with E-state index in [-0.39, 0.29) is 5.69 Å². The molecule has 1 aromatic carbocycles. The molecule has 1 heterocycles. The van der Waals surface area contributed by atoms with Crippen LogP contribution in [0.15, 0.2) is 18.2 Å². The van der Waals surface area contributed by atoms with Crippen molar-refractivity contribution in [3.8, 4) is 0 Å². The van der Waals surface area contributed by atoms with E-state index in [0.29, 0.717) is 23.0 Å². The zero-order valence-corrected chi connectivity index (χ0v) is 12.6. The molecule has 0 N–H and O–H groups in total. The summed E-state index contributed by atoms with van der Waals surface area (Å²) in [6.45, 7) is 4.06. The summed E-state index contributed by atoms with van der Waals surface area (Å²) in [4.78, 5) is 10.6. The number of hydrogen-bond donors (Lipinski definition) is 0. The SMILES string of the molecule is Cc1nn(Cc2cc(Cl)ccc2[N+](=O)[O-])c(C)c1CCl. The molecule has 106 valence electrons. The van der Waals surface area contributed by atoms with Crippen LogP contribution in [0.25, 0.3) is 0 Å². The molecular weight excluding hydrogens is 301 g/mol. The van der Waals surface area contributed by atoms with Crippen LogP contribution in [-0.4, -0.2) is 14.7 Å². The van der Waals surface area contributed by atoms with E-state index in [1.165, 1.54) is 12.1 Å². The summed E-state index contributed by atoms with van der Waals surface area (Å²) in [5.41, 5.74) is 3.26. The van der Waals surface area contributed by atoms with E-state index in [9.17, 15) is 10.1 Å². The van der Waals surface area contributed by atoms with E-state index in [4.69, 9.17) is 23.2 Å². The third kappa shape index (κ3) is 2.78. The number of nitro groups is 1. The van der Waals surface area contributed by atoms with Crippen LogP contribution in [-0.2, 0) is 12.4 Å². The van der Waals surface area contributed by atoms with Gasteiger partial charge in [0, 0.05) is 22.3 Å². The van der Waals surface area contributed by atoms with Gasteiger partial charge in [-0.1, -0.05) is 11.6 Å². The molecule has 2 rings (SSSR count). The Morgan fingerprint density at radius 1 is 1.40 bits per heavy atom. The van der Waals surface area contributed by atoms with Crippen LogP contribution in [0.1, 0.15) is 22.5 Å². The number of aryl methyl sites for hydroxylation is 1. The normalized spacial score (nSPS) is 10.8. The van der Waals surface area contributed by atoms with Gasteiger partial charge < -0.3 is 0 Å². The molecule has 0 aliphatic heterocycles. The van der Waals surface area contributed by atoms with Crippen molar-refractivity contribution in [2.24, 2.45) is 0 Å². The van der Waals surface area contributed by atoms with Gasteiger partial charge in [0.05, 0.1) is 28.6 Å². The predicted molar refractivity (Wildman–Crippen MR) is 78.5 cm³/mol. The molecule has 0 atom stereocenters. The Balaban J connectivity index is 2.44. The number of benzene rings is 1. The molecule has 0 bridgehead atoms. The maximum absolute atomic E-state index is 11.0. The van der Waals surface area contributed by atoms with Crippen LogP contribution in [0.3, 0.4) is 0 Å². The molecular formula is C13H13Cl2N3O2. The lowest BCUT2D eigenvalue weighted by Crippen LogP contribution is -2.06. The largest absolute Gasteiger partial charge is 0.274 e. The second-order valence-corrected chi connectivity index (χ2v) is 5.17. The Bertz CT molecular complexity index is 668. The Morgan fingerprint density at radius 2 is 2.10 bits per heavy atom. The smallest absolute Gasteiger partial charge is 0.265 e. The molecule has 7 heteroatoms. The average Bonchev–Trinajstić information content (AvgIpc) is 2.63. The summed E-state index contributed by atoms with van der Waals surface area (Å²) in [7, 11) is 0. The second-order valence-electron chi connectivity index (χ2n) is 4.47. The van der Waals surface area contributed by atoms with Crippen molar-refractivity contribution < 1.29 is 4.92 Å². The summed E-state index contributed by atoms with van der Waals surface area (Å²) in [5.74, 6) is 0.370. The van der Waals surface area contributed by atoms with Crippen molar-refractivity contribution in [2.75, 3.05) is 0 Å². The van der Waals surface area contributed by atoms with Crippen LogP contribution in [0.2, 0.25) is 5.02 Å². The quantitative estimate of drug-likeness (QED) is 0.489. The summed E-state index contributed by atoms with van der Waals surface area (Å²) >= 11 is 11.8. The van der Waals surface area contributed by atoms with Gasteiger partial charge >= 0.3 is 0 Å². The van der Waals surface area contributed by atoms with Crippen LogP contribution < -0.4 is 0 Å². The number of nitro benzene ring substituents is 1. The van der Waals surface area contributed by atoms with E-state index in [1.54, 1.807) is 10.7 Å². The van der Waals surface area contributed by atoms with E-state index in [0.717, 1.165) is 17.0 Å². The van der Waals surface area contributed by atoms with Crippen molar-refractivity contribution in [1.82, 2.24) is 9.78 Å². The lowest BCUT2D eigenvalue weighted by Gasteiger charge is -2.06. The first-order valence-electron chi connectivity index (χ1n) is 5.95. The van der Waals surface area contributed by atoms with Crippen LogP contribution >= 0.6 is 23.2 Å². The summed E-state index contributed by atoms with van der Waals surface area (Å²) in [6.07, 6.45) is 0. The standard InChI is InChI=1S/C13H13Cl2N3O2/c1-8-12(6-14)9(2)17(16-8)7-10-5-11(15)3-4-13(10)18(19)20/h3-5H,6-7H2,1-2H3. The number of rotatable bonds is 4. The van der Waals surface area contributed by atoms with Gasteiger partial charge in [-0.05, 0) is 26.0 Å². The number of alkyl halides is 1. The van der Waals surface area contributed by atoms with Gasteiger partial charge in [-0.2, -0.15) is 5.10 Å². The molecule has 0 saturated heterocycles. The molecule has 1 aromatic heterocycles. The number of nitrogens with zero attached hydrogens (tertiary/aromatic N) is 3. The topological polar surface area (TPSA) is 61.0 Å². The van der Waals surface area contributed by atoms with Gasteiger partial charge in [-0.3, -0.25) is 14.8 Å². The van der Waals surface area contributed by atoms with Gasteiger partial charge in [0.2, 0.25) is 0 Å². The zero-order valence-electron chi connectivity index (χ0n) is 11.1. The zero-order chi connectivity index (χ0) is 14.9. The molecule has 0 saturated carbocycles. The maximum Gasteiger partial charge on any atom is 0.274 e. The molecule has 0 spiro atoms. The monoisotopic (exact) mass is 313 g/mol. The number of halogens is 2. The van der Waals surface area contributed by atoms with E-state index in [1.807, 2.05) is 13.8 Å². The molecule has 0 aliphatic rings. The molecule has 2 aromatic rings. The average molecular weight is 314 g/mol. The maximum atomic E-state index is 11.0.